The van der Waals surface area contributed by atoms with Crippen molar-refractivity contribution < 1.29 is 23.0 Å². The molecule has 4 nitrogen and oxygen atoms in total. The predicted octanol–water partition coefficient (Wildman–Crippen LogP) is 0.563. The van der Waals surface area contributed by atoms with Crippen LogP contribution in [0, 0.1) is 0 Å². The average molecular weight is 223 g/mol. The number of ether oxygens (including phenoxy) is 2. The SMILES string of the molecule is CCOC(=O)C(F)(F)C1(OC)CCNC1. The van der Waals surface area contributed by atoms with Gasteiger partial charge in [0, 0.05) is 13.7 Å². The minimum atomic E-state index is -3.61. The lowest BCUT2D eigenvalue weighted by molar-refractivity contribution is -0.215. The molecule has 0 aromatic carbocycles. The van der Waals surface area contributed by atoms with Crippen molar-refractivity contribution in [2.24, 2.45) is 0 Å². The molecular formula is C9H15F2NO3. The molecule has 0 radical (unpaired) electrons. The fourth-order valence-electron chi connectivity index (χ4n) is 1.65. The Bertz CT molecular complexity index is 240. The van der Waals surface area contributed by atoms with Gasteiger partial charge in [0.15, 0.2) is 5.60 Å². The lowest BCUT2D eigenvalue weighted by atomic mass is 9.94. The molecule has 88 valence electrons. The summed E-state index contributed by atoms with van der Waals surface area (Å²) < 4.78 is 36.6. The van der Waals surface area contributed by atoms with Crippen LogP contribution in [0.2, 0.25) is 0 Å². The molecular weight excluding hydrogens is 208 g/mol. The average Bonchev–Trinajstić information content (AvgIpc) is 2.67. The zero-order valence-corrected chi connectivity index (χ0v) is 8.81. The fourth-order valence-corrected chi connectivity index (χ4v) is 1.65. The van der Waals surface area contributed by atoms with Crippen molar-refractivity contribution >= 4 is 5.97 Å². The standard InChI is InChI=1S/C9H15F2NO3/c1-3-15-7(13)9(10,11)8(14-2)4-5-12-6-8/h12H,3-6H2,1-2H3. The number of nitrogens with one attached hydrogen (secondary N) is 1. The number of esters is 1. The molecule has 1 heterocycles. The van der Waals surface area contributed by atoms with Crippen LogP contribution in [0.3, 0.4) is 0 Å². The molecule has 1 rings (SSSR count). The molecule has 1 saturated heterocycles. The van der Waals surface area contributed by atoms with Gasteiger partial charge in [-0.2, -0.15) is 8.78 Å². The largest absolute Gasteiger partial charge is 0.461 e. The van der Waals surface area contributed by atoms with E-state index in [1.807, 2.05) is 0 Å². The molecule has 0 aromatic rings. The van der Waals surface area contributed by atoms with Gasteiger partial charge in [0.2, 0.25) is 0 Å². The number of halogens is 2. The fraction of sp³-hybridized carbons (Fsp3) is 0.889. The lowest BCUT2D eigenvalue weighted by Crippen LogP contribution is -2.56. The molecule has 1 atom stereocenters. The molecule has 1 N–H and O–H groups in total. The second-order valence-corrected chi connectivity index (χ2v) is 3.42. The van der Waals surface area contributed by atoms with Crippen LogP contribution in [0.5, 0.6) is 0 Å². The molecule has 0 saturated carbocycles. The highest BCUT2D eigenvalue weighted by Gasteiger charge is 2.62. The highest BCUT2D eigenvalue weighted by Crippen LogP contribution is 2.37. The van der Waals surface area contributed by atoms with E-state index in [2.05, 4.69) is 10.1 Å². The maximum Gasteiger partial charge on any atom is 0.380 e. The molecule has 0 spiro atoms. The summed E-state index contributed by atoms with van der Waals surface area (Å²) >= 11 is 0. The van der Waals surface area contributed by atoms with Gasteiger partial charge in [-0.1, -0.05) is 0 Å². The van der Waals surface area contributed by atoms with Gasteiger partial charge in [0.05, 0.1) is 6.61 Å². The van der Waals surface area contributed by atoms with E-state index < -0.39 is 17.5 Å². The van der Waals surface area contributed by atoms with Crippen LogP contribution >= 0.6 is 0 Å². The van der Waals surface area contributed by atoms with Crippen molar-refractivity contribution in [1.82, 2.24) is 5.32 Å². The van der Waals surface area contributed by atoms with Crippen molar-refractivity contribution in [3.63, 3.8) is 0 Å². The van der Waals surface area contributed by atoms with Crippen LogP contribution in [-0.4, -0.2) is 44.3 Å². The van der Waals surface area contributed by atoms with E-state index >= 15 is 0 Å². The normalized spacial score (nSPS) is 26.7. The monoisotopic (exact) mass is 223 g/mol. The molecule has 0 aliphatic carbocycles. The van der Waals surface area contributed by atoms with Crippen LogP contribution in [0.1, 0.15) is 13.3 Å². The van der Waals surface area contributed by atoms with E-state index in [1.54, 1.807) is 0 Å². The van der Waals surface area contributed by atoms with Crippen LogP contribution in [0.15, 0.2) is 0 Å². The van der Waals surface area contributed by atoms with Gasteiger partial charge in [0.1, 0.15) is 0 Å². The molecule has 15 heavy (non-hydrogen) atoms. The summed E-state index contributed by atoms with van der Waals surface area (Å²) in [6.45, 7) is 1.78. The first-order valence-corrected chi connectivity index (χ1v) is 4.81. The van der Waals surface area contributed by atoms with Crippen LogP contribution in [0.4, 0.5) is 8.78 Å². The summed E-state index contributed by atoms with van der Waals surface area (Å²) in [6, 6.07) is 0. The molecule has 6 heteroatoms. The highest BCUT2D eigenvalue weighted by atomic mass is 19.3. The Balaban J connectivity index is 2.85. The van der Waals surface area contributed by atoms with E-state index in [4.69, 9.17) is 4.74 Å². The minimum Gasteiger partial charge on any atom is -0.461 e. The second-order valence-electron chi connectivity index (χ2n) is 3.42. The van der Waals surface area contributed by atoms with E-state index in [9.17, 15) is 13.6 Å². The summed E-state index contributed by atoms with van der Waals surface area (Å²) in [5.74, 6) is -5.13. The molecule has 1 fully saturated rings. The number of rotatable bonds is 4. The maximum atomic E-state index is 13.7. The van der Waals surface area contributed by atoms with Crippen LogP contribution in [-0.2, 0) is 14.3 Å². The van der Waals surface area contributed by atoms with Crippen molar-refractivity contribution in [1.29, 1.82) is 0 Å². The Morgan fingerprint density at radius 2 is 2.27 bits per heavy atom. The first-order valence-electron chi connectivity index (χ1n) is 4.81. The van der Waals surface area contributed by atoms with Gasteiger partial charge in [0.25, 0.3) is 0 Å². The number of alkyl halides is 2. The van der Waals surface area contributed by atoms with Gasteiger partial charge < -0.3 is 14.8 Å². The van der Waals surface area contributed by atoms with E-state index in [0.717, 1.165) is 0 Å². The Hall–Kier alpha value is -0.750. The number of hydrogen-bond acceptors (Lipinski definition) is 4. The van der Waals surface area contributed by atoms with Crippen molar-refractivity contribution in [2.45, 2.75) is 24.9 Å². The molecule has 0 aromatic heterocycles. The van der Waals surface area contributed by atoms with E-state index in [1.165, 1.54) is 14.0 Å². The third kappa shape index (κ3) is 1.96. The third-order valence-electron chi connectivity index (χ3n) is 2.61. The molecule has 1 aliphatic heterocycles. The topological polar surface area (TPSA) is 47.6 Å². The first-order chi connectivity index (χ1) is 7.00. The van der Waals surface area contributed by atoms with Gasteiger partial charge in [-0.3, -0.25) is 0 Å². The quantitative estimate of drug-likeness (QED) is 0.707. The van der Waals surface area contributed by atoms with E-state index in [0.29, 0.717) is 6.54 Å². The van der Waals surface area contributed by atoms with Gasteiger partial charge in [-0.05, 0) is 19.9 Å². The predicted molar refractivity (Wildman–Crippen MR) is 48.8 cm³/mol. The Morgan fingerprint density at radius 3 is 2.67 bits per heavy atom. The number of carbonyl (C=O) groups is 1. The van der Waals surface area contributed by atoms with Crippen LogP contribution < -0.4 is 5.32 Å². The van der Waals surface area contributed by atoms with Gasteiger partial charge in [-0.25, -0.2) is 4.79 Å². The Morgan fingerprint density at radius 1 is 1.60 bits per heavy atom. The van der Waals surface area contributed by atoms with Gasteiger partial charge >= 0.3 is 11.9 Å². The van der Waals surface area contributed by atoms with Crippen molar-refractivity contribution in [2.75, 3.05) is 26.8 Å². The minimum absolute atomic E-state index is 0.0463. The summed E-state index contributed by atoms with van der Waals surface area (Å²) in [4.78, 5) is 11.1. The first kappa shape index (κ1) is 12.3. The second kappa shape index (κ2) is 4.40. The lowest BCUT2D eigenvalue weighted by Gasteiger charge is -2.33. The Labute approximate surface area is 86.9 Å². The molecule has 1 aliphatic rings. The zero-order valence-electron chi connectivity index (χ0n) is 8.81. The number of methoxy groups -OCH3 is 1. The summed E-state index contributed by atoms with van der Waals surface area (Å²) in [5, 5.41) is 2.75. The molecule has 0 amide bonds. The maximum absolute atomic E-state index is 13.7. The molecule has 1 unspecified atom stereocenters. The smallest absolute Gasteiger partial charge is 0.380 e. The van der Waals surface area contributed by atoms with Crippen molar-refractivity contribution in [3.8, 4) is 0 Å². The zero-order chi connectivity index (χ0) is 11.5. The van der Waals surface area contributed by atoms with Crippen LogP contribution in [0.25, 0.3) is 0 Å². The van der Waals surface area contributed by atoms with Gasteiger partial charge in [-0.15, -0.1) is 0 Å². The summed E-state index contributed by atoms with van der Waals surface area (Å²) in [5.41, 5.74) is -1.76. The number of hydrogen-bond donors (Lipinski definition) is 1. The highest BCUT2D eigenvalue weighted by molar-refractivity contribution is 5.79. The third-order valence-corrected chi connectivity index (χ3v) is 2.61. The van der Waals surface area contributed by atoms with E-state index in [-0.39, 0.29) is 19.6 Å². The summed E-state index contributed by atoms with van der Waals surface area (Å²) in [7, 11) is 1.18. The summed E-state index contributed by atoms with van der Waals surface area (Å²) in [6.07, 6.45) is 0.0926. The van der Waals surface area contributed by atoms with Crippen molar-refractivity contribution in [3.05, 3.63) is 0 Å². The molecule has 0 bridgehead atoms. The Kier molecular flexibility index (Phi) is 3.62. The number of carbonyl (C=O) groups excluding carboxylic acids is 1.